The average Bonchev–Trinajstić information content (AvgIpc) is 2.98. The van der Waals surface area contributed by atoms with Crippen molar-refractivity contribution in [3.8, 4) is 0 Å². The zero-order valence-corrected chi connectivity index (χ0v) is 26.9. The number of aliphatic hydroxyl groups is 4. The van der Waals surface area contributed by atoms with E-state index in [2.05, 4.69) is 9.47 Å². The first-order chi connectivity index (χ1) is 22.2. The monoisotopic (exact) mass is 699 g/mol. The fourth-order valence-corrected chi connectivity index (χ4v) is 3.53. The largest absolute Gasteiger partial charge is 0.463 e. The lowest BCUT2D eigenvalue weighted by Crippen LogP contribution is -2.55. The predicted octanol–water partition coefficient (Wildman–Crippen LogP) is -4.30. The van der Waals surface area contributed by atoms with Crippen LogP contribution in [0.25, 0.3) is 0 Å². The second kappa shape index (κ2) is 21.4. The van der Waals surface area contributed by atoms with Crippen LogP contribution in [0.15, 0.2) is 0 Å². The van der Waals surface area contributed by atoms with Gasteiger partial charge in [-0.05, 0) is 0 Å². The molecule has 0 fully saturated rings. The molecular weight excluding hydrogens is 658 g/mol. The van der Waals surface area contributed by atoms with Crippen molar-refractivity contribution in [2.45, 2.75) is 96.4 Å². The number of esters is 8. The lowest BCUT2D eigenvalue weighted by Gasteiger charge is -2.33. The van der Waals surface area contributed by atoms with Gasteiger partial charge in [0, 0.05) is 41.5 Å². The number of ether oxygens (including phenoxy) is 8. The molecule has 0 spiro atoms. The van der Waals surface area contributed by atoms with Gasteiger partial charge < -0.3 is 64.1 Å². The van der Waals surface area contributed by atoms with E-state index in [1.165, 1.54) is 0 Å². The van der Waals surface area contributed by atoms with E-state index in [0.29, 0.717) is 0 Å². The van der Waals surface area contributed by atoms with Gasteiger partial charge in [0.25, 0.3) is 0 Å². The van der Waals surface area contributed by atoms with Crippen LogP contribution in [0.2, 0.25) is 0 Å². The summed E-state index contributed by atoms with van der Waals surface area (Å²) in [5.74, 6) is -8.91. The number of hydrogen-bond acceptors (Lipinski definition) is 21. The molecule has 0 amide bonds. The quantitative estimate of drug-likeness (QED) is 0.0592. The summed E-state index contributed by atoms with van der Waals surface area (Å²) in [6.45, 7) is 2.43. The van der Waals surface area contributed by atoms with E-state index in [9.17, 15) is 58.8 Å². The van der Waals surface area contributed by atoms with Crippen LogP contribution in [0.4, 0.5) is 0 Å². The Labute approximate surface area is 273 Å². The summed E-state index contributed by atoms with van der Waals surface area (Å²) in [4.78, 5) is 94.3. The van der Waals surface area contributed by atoms with Gasteiger partial charge in [-0.15, -0.1) is 0 Å². The van der Waals surface area contributed by atoms with Crippen LogP contribution in [0, 0.1) is 0 Å². The first-order valence-electron chi connectivity index (χ1n) is 13.9. The molecule has 1 unspecified atom stereocenters. The van der Waals surface area contributed by atoms with Crippen molar-refractivity contribution < 1.29 is 96.7 Å². The van der Waals surface area contributed by atoms with Crippen LogP contribution in [0.3, 0.4) is 0 Å². The summed E-state index contributed by atoms with van der Waals surface area (Å²) >= 11 is 0. The van der Waals surface area contributed by atoms with E-state index in [-0.39, 0.29) is 0 Å². The number of aliphatic hydroxyl groups excluding tert-OH is 4. The minimum atomic E-state index is -2.44. The third-order valence-corrected chi connectivity index (χ3v) is 5.53. The van der Waals surface area contributed by atoms with Gasteiger partial charge in [0.05, 0.1) is 6.04 Å². The maximum atomic E-state index is 13.0. The lowest BCUT2D eigenvalue weighted by atomic mass is 10.0. The fraction of sp³-hybridized carbons (Fsp3) is 0.704. The molecule has 0 aromatic carbocycles. The van der Waals surface area contributed by atoms with E-state index >= 15 is 0 Å². The van der Waals surface area contributed by atoms with Gasteiger partial charge >= 0.3 is 47.8 Å². The van der Waals surface area contributed by atoms with Crippen LogP contribution in [-0.2, 0) is 76.3 Å². The molecule has 6 N–H and O–H groups in total. The highest BCUT2D eigenvalue weighted by molar-refractivity contribution is 5.80. The molecule has 0 aromatic rings. The van der Waals surface area contributed by atoms with Crippen molar-refractivity contribution in [1.82, 2.24) is 0 Å². The van der Waals surface area contributed by atoms with Gasteiger partial charge in [0.1, 0.15) is 44.7 Å². The molecule has 21 heteroatoms. The first kappa shape index (κ1) is 43.6. The Bertz CT molecular complexity index is 1140. The van der Waals surface area contributed by atoms with Crippen LogP contribution in [0.1, 0.15) is 41.5 Å². The molecule has 0 saturated heterocycles. The van der Waals surface area contributed by atoms with Gasteiger partial charge in [-0.2, -0.15) is 0 Å². The molecule has 0 aliphatic heterocycles. The molecule has 48 heavy (non-hydrogen) atoms. The summed E-state index contributed by atoms with van der Waals surface area (Å²) in [5.41, 5.74) is 5.77. The van der Waals surface area contributed by atoms with E-state index < -0.39 is 129 Å². The minimum Gasteiger partial charge on any atom is -0.463 e. The highest BCUT2D eigenvalue weighted by Crippen LogP contribution is 2.19. The third kappa shape index (κ3) is 16.9. The van der Waals surface area contributed by atoms with Crippen LogP contribution in [-0.4, -0.2) is 149 Å². The summed E-state index contributed by atoms with van der Waals surface area (Å²) in [5, 5.41) is 41.1. The van der Waals surface area contributed by atoms with E-state index in [4.69, 9.17) is 34.2 Å². The Morgan fingerprint density at radius 3 is 1.40 bits per heavy atom. The second-order valence-electron chi connectivity index (χ2n) is 9.94. The molecule has 0 aromatic heterocycles. The van der Waals surface area contributed by atoms with Crippen LogP contribution in [0.5, 0.6) is 0 Å². The van der Waals surface area contributed by atoms with Crippen molar-refractivity contribution in [1.29, 1.82) is 0 Å². The van der Waals surface area contributed by atoms with E-state index in [1.54, 1.807) is 0 Å². The Morgan fingerprint density at radius 1 is 0.500 bits per heavy atom. The molecule has 0 aliphatic carbocycles. The van der Waals surface area contributed by atoms with Gasteiger partial charge in [-0.3, -0.25) is 28.8 Å². The van der Waals surface area contributed by atoms with E-state index in [1.807, 2.05) is 0 Å². The average molecular weight is 700 g/mol. The maximum absolute atomic E-state index is 13.0. The van der Waals surface area contributed by atoms with E-state index in [0.717, 1.165) is 41.5 Å². The van der Waals surface area contributed by atoms with Crippen molar-refractivity contribution in [3.63, 3.8) is 0 Å². The predicted molar refractivity (Wildman–Crippen MR) is 149 cm³/mol. The number of rotatable bonds is 20. The summed E-state index contributed by atoms with van der Waals surface area (Å²) in [6.07, 6.45) is -16.7. The third-order valence-electron chi connectivity index (χ3n) is 5.53. The zero-order valence-electron chi connectivity index (χ0n) is 26.9. The molecule has 0 saturated carbocycles. The molecule has 0 bridgehead atoms. The molecule has 0 radical (unpaired) electrons. The molecule has 21 nitrogen and oxygen atoms in total. The van der Waals surface area contributed by atoms with Crippen molar-refractivity contribution in [2.24, 2.45) is 5.73 Å². The molecular formula is C27H41NO20. The van der Waals surface area contributed by atoms with Crippen molar-refractivity contribution in [2.75, 3.05) is 26.4 Å². The minimum absolute atomic E-state index is 0.732. The van der Waals surface area contributed by atoms with Crippen LogP contribution < -0.4 is 5.73 Å². The lowest BCUT2D eigenvalue weighted by molar-refractivity contribution is -0.204. The molecule has 274 valence electrons. The molecule has 0 heterocycles. The smallest absolute Gasteiger partial charge is 0.351 e. The summed E-state index contributed by atoms with van der Waals surface area (Å²) < 4.78 is 38.7. The molecule has 9 atom stereocenters. The van der Waals surface area contributed by atoms with Gasteiger partial charge in [0.2, 0.25) is 6.10 Å². The van der Waals surface area contributed by atoms with Gasteiger partial charge in [-0.1, -0.05) is 0 Å². The molecule has 0 rings (SSSR count). The Balaban J connectivity index is 5.66. The fourth-order valence-electron chi connectivity index (χ4n) is 3.53. The SMILES string of the molecule is CC(=O)OC[C@@H](O)[C@@H](OC(C)=O)[C@H](OC(C)=O)[C@@H](OC(C)=O)C(=O)OCC(N)COC(=O)[C@H](O)[C@@H](O)[C@H](O)[C@@H](COC(C)=O)OC(C)=O. The molecule has 0 aliphatic rings. The summed E-state index contributed by atoms with van der Waals surface area (Å²) in [7, 11) is 0. The normalized spacial score (nSPS) is 16.5. The number of hydrogen-bond donors (Lipinski definition) is 5. The van der Waals surface area contributed by atoms with Gasteiger partial charge in [-0.25, -0.2) is 9.59 Å². The second-order valence-corrected chi connectivity index (χ2v) is 9.94. The van der Waals surface area contributed by atoms with Gasteiger partial charge in [0.15, 0.2) is 24.4 Å². The number of nitrogens with two attached hydrogens (primary N) is 1. The van der Waals surface area contributed by atoms with Crippen molar-refractivity contribution >= 4 is 47.8 Å². The number of carbonyl (C=O) groups excluding carboxylic acids is 8. The first-order valence-corrected chi connectivity index (χ1v) is 13.9. The highest BCUT2D eigenvalue weighted by Gasteiger charge is 2.46. The standard InChI is InChI=1S/C27H41NO20/c1-11(29)41-9-18(35)23(46-14(4)32)24(47-15(5)33)25(48-16(6)34)27(40)44-8-17(28)7-43-26(39)22(38)21(37)20(36)19(45-13(3)31)10-42-12(2)30/h17-25,35-38H,7-10,28H2,1-6H3/t17?,18-,19-,20-,21+,22-,23-,24+,25-/m1/s1. The Morgan fingerprint density at radius 2 is 0.938 bits per heavy atom. The van der Waals surface area contributed by atoms with Crippen LogP contribution >= 0.6 is 0 Å². The Hall–Kier alpha value is -4.44. The summed E-state index contributed by atoms with van der Waals surface area (Å²) in [6, 6.07) is -1.37. The maximum Gasteiger partial charge on any atom is 0.351 e. The number of carbonyl (C=O) groups is 8. The van der Waals surface area contributed by atoms with Crippen molar-refractivity contribution in [3.05, 3.63) is 0 Å². The Kier molecular flexibility index (Phi) is 19.5. The zero-order chi connectivity index (χ0) is 37.3. The highest BCUT2D eigenvalue weighted by atomic mass is 16.6. The topological polar surface area (TPSA) is 317 Å².